The van der Waals surface area contributed by atoms with Gasteiger partial charge in [0.2, 0.25) is 0 Å². The van der Waals surface area contributed by atoms with Crippen LogP contribution in [0.5, 0.6) is 0 Å². The average Bonchev–Trinajstić information content (AvgIpc) is 2.98. The van der Waals surface area contributed by atoms with E-state index in [1.807, 2.05) is 84.9 Å². The van der Waals surface area contributed by atoms with Crippen LogP contribution in [-0.2, 0) is 0 Å². The molecule has 0 unspecified atom stereocenters. The summed E-state index contributed by atoms with van der Waals surface area (Å²) in [5.74, 6) is 1.96. The van der Waals surface area contributed by atoms with Crippen LogP contribution >= 0.6 is 0 Å². The summed E-state index contributed by atoms with van der Waals surface area (Å²) in [6.45, 7) is 0. The molecule has 0 saturated carbocycles. The maximum absolute atomic E-state index is 12.4. The molecule has 3 aromatic carbocycles. The van der Waals surface area contributed by atoms with Gasteiger partial charge in [-0.05, 0) is 37.3 Å². The van der Waals surface area contributed by atoms with Crippen molar-refractivity contribution in [2.75, 3.05) is 0 Å². The van der Waals surface area contributed by atoms with Gasteiger partial charge in [0, 0.05) is 28.0 Å². The maximum Gasteiger partial charge on any atom is 1.00 e. The van der Waals surface area contributed by atoms with Crippen molar-refractivity contribution in [1.29, 1.82) is 0 Å². The van der Waals surface area contributed by atoms with E-state index >= 15 is 0 Å². The predicted molar refractivity (Wildman–Crippen MR) is 146 cm³/mol. The van der Waals surface area contributed by atoms with Crippen molar-refractivity contribution in [2.24, 2.45) is 4.99 Å². The van der Waals surface area contributed by atoms with Gasteiger partial charge in [-0.2, -0.15) is 0 Å². The third kappa shape index (κ3) is 6.01. The summed E-state index contributed by atoms with van der Waals surface area (Å²) < 4.78 is 0. The second-order valence-electron chi connectivity index (χ2n) is 9.09. The van der Waals surface area contributed by atoms with E-state index in [9.17, 15) is 5.11 Å². The largest absolute Gasteiger partial charge is 1.00 e. The first-order chi connectivity index (χ1) is 18.2. The molecule has 1 aromatic heterocycles. The van der Waals surface area contributed by atoms with Gasteiger partial charge in [-0.1, -0.05) is 97.1 Å². The fourth-order valence-electron chi connectivity index (χ4n) is 4.68. The molecule has 2 heterocycles. The van der Waals surface area contributed by atoms with Crippen LogP contribution in [0.4, 0.5) is 0 Å². The van der Waals surface area contributed by atoms with Crippen LogP contribution in [0, 0.1) is 0 Å². The summed E-state index contributed by atoms with van der Waals surface area (Å²) >= 11 is 0. The number of nitrogens with zero attached hydrogens (tertiary/aromatic N) is 4. The van der Waals surface area contributed by atoms with Gasteiger partial charge in [-0.15, -0.1) is 5.76 Å². The SMILES string of the molecule is [Cs+].[O-]C1=C(C2=NC(c3cccc(-c4nc(-c5ccccc5)nc(-c5ccccc5)n4)c3)=CCC2)CCC=C1. The summed E-state index contributed by atoms with van der Waals surface area (Å²) in [6.07, 6.45) is 9.07. The molecule has 1 aliphatic carbocycles. The molecule has 0 atom stereocenters. The van der Waals surface area contributed by atoms with Crippen LogP contribution in [0.25, 0.3) is 39.9 Å². The monoisotopic (exact) mass is 614 g/mol. The number of aromatic nitrogens is 3. The van der Waals surface area contributed by atoms with Crippen molar-refractivity contribution in [1.82, 2.24) is 15.0 Å². The minimum atomic E-state index is 0. The number of hydrogen-bond acceptors (Lipinski definition) is 5. The Kier molecular flexibility index (Phi) is 8.89. The van der Waals surface area contributed by atoms with Gasteiger partial charge in [0.1, 0.15) is 0 Å². The summed E-state index contributed by atoms with van der Waals surface area (Å²) in [6, 6.07) is 28.1. The zero-order valence-electron chi connectivity index (χ0n) is 21.3. The first-order valence-electron chi connectivity index (χ1n) is 12.6. The minimum Gasteiger partial charge on any atom is -0.872 e. The van der Waals surface area contributed by atoms with Gasteiger partial charge in [-0.25, -0.2) is 15.0 Å². The van der Waals surface area contributed by atoms with E-state index in [-0.39, 0.29) is 74.7 Å². The van der Waals surface area contributed by atoms with Crippen LogP contribution in [0.1, 0.15) is 31.2 Å². The molecule has 0 spiro atoms. The van der Waals surface area contributed by atoms with E-state index < -0.39 is 0 Å². The average molecular weight is 614 g/mol. The second kappa shape index (κ2) is 12.5. The van der Waals surface area contributed by atoms with E-state index in [1.165, 1.54) is 0 Å². The van der Waals surface area contributed by atoms with E-state index in [2.05, 4.69) is 12.1 Å². The molecule has 0 N–H and O–H groups in total. The van der Waals surface area contributed by atoms with Crippen LogP contribution in [-0.4, -0.2) is 20.7 Å². The molecule has 0 bridgehead atoms. The van der Waals surface area contributed by atoms with E-state index in [1.54, 1.807) is 6.08 Å². The zero-order valence-corrected chi connectivity index (χ0v) is 27.6. The molecule has 0 amide bonds. The Morgan fingerprint density at radius 2 is 1.18 bits per heavy atom. The molecular formula is C32H25CsN4O. The fourth-order valence-corrected chi connectivity index (χ4v) is 4.68. The van der Waals surface area contributed by atoms with Crippen molar-refractivity contribution >= 4 is 11.4 Å². The number of rotatable bonds is 5. The van der Waals surface area contributed by atoms with Gasteiger partial charge >= 0.3 is 68.9 Å². The Morgan fingerprint density at radius 3 is 1.82 bits per heavy atom. The van der Waals surface area contributed by atoms with Crippen LogP contribution in [0.3, 0.4) is 0 Å². The maximum atomic E-state index is 12.4. The Hall–Kier alpha value is -2.59. The van der Waals surface area contributed by atoms with Crippen molar-refractivity contribution in [2.45, 2.75) is 25.7 Å². The molecule has 180 valence electrons. The van der Waals surface area contributed by atoms with E-state index in [0.717, 1.165) is 64.9 Å². The topological polar surface area (TPSA) is 74.1 Å². The van der Waals surface area contributed by atoms with Gasteiger partial charge in [-0.3, -0.25) is 4.99 Å². The molecule has 0 radical (unpaired) electrons. The summed E-state index contributed by atoms with van der Waals surface area (Å²) in [7, 11) is 0. The Balaban J connectivity index is 0.00000294. The number of benzene rings is 3. The third-order valence-corrected chi connectivity index (χ3v) is 6.57. The number of allylic oxidation sites excluding steroid dienone is 4. The quantitative estimate of drug-likeness (QED) is 0.346. The predicted octanol–water partition coefficient (Wildman–Crippen LogP) is 3.42. The molecule has 38 heavy (non-hydrogen) atoms. The number of hydrogen-bond donors (Lipinski definition) is 0. The molecule has 6 heteroatoms. The molecule has 0 fully saturated rings. The Labute approximate surface area is 281 Å². The molecular weight excluding hydrogens is 589 g/mol. The first-order valence-corrected chi connectivity index (χ1v) is 12.6. The van der Waals surface area contributed by atoms with Gasteiger partial charge in [0.05, 0.1) is 5.70 Å². The van der Waals surface area contributed by atoms with Crippen molar-refractivity contribution in [3.8, 4) is 34.2 Å². The normalized spacial score (nSPS) is 14.9. The van der Waals surface area contributed by atoms with Crippen LogP contribution < -0.4 is 74.0 Å². The molecule has 4 aromatic rings. The van der Waals surface area contributed by atoms with Crippen molar-refractivity contribution in [3.63, 3.8) is 0 Å². The van der Waals surface area contributed by atoms with E-state index in [0.29, 0.717) is 17.5 Å². The molecule has 0 saturated heterocycles. The van der Waals surface area contributed by atoms with Crippen LogP contribution in [0.15, 0.2) is 119 Å². The standard InChI is InChI=1S/C32H26N4O.Cs/c37-29-20-8-7-17-26(29)28-19-10-18-27(33-28)24-15-9-16-25(21-24)32-35-30(22-11-3-1-4-12-22)34-31(36-32)23-13-5-2-6-14-23;/h1-6,8-9,11-16,18,20-21,37H,7,10,17,19H2;/q;+1/p-1. The van der Waals surface area contributed by atoms with Crippen LogP contribution in [0.2, 0.25) is 0 Å². The van der Waals surface area contributed by atoms with Crippen molar-refractivity contribution < 1.29 is 74.0 Å². The zero-order chi connectivity index (χ0) is 25.0. The fraction of sp³-hybridized carbons (Fsp3) is 0.125. The van der Waals surface area contributed by atoms with Crippen molar-refractivity contribution in [3.05, 3.63) is 120 Å². The first kappa shape index (κ1) is 27.0. The summed E-state index contributed by atoms with van der Waals surface area (Å²) in [5.41, 5.74) is 6.40. The minimum absolute atomic E-state index is 0. The van der Waals surface area contributed by atoms with Gasteiger partial charge in [0.15, 0.2) is 17.5 Å². The molecule has 2 aliphatic rings. The summed E-state index contributed by atoms with van der Waals surface area (Å²) in [5, 5.41) is 12.4. The number of aliphatic imine (C=N–C) groups is 1. The van der Waals surface area contributed by atoms with Gasteiger partial charge < -0.3 is 5.11 Å². The summed E-state index contributed by atoms with van der Waals surface area (Å²) in [4.78, 5) is 19.4. The molecule has 6 rings (SSSR count). The molecule has 5 nitrogen and oxygen atoms in total. The Morgan fingerprint density at radius 1 is 0.605 bits per heavy atom. The van der Waals surface area contributed by atoms with E-state index in [4.69, 9.17) is 19.9 Å². The second-order valence-corrected chi connectivity index (χ2v) is 9.09. The smallest absolute Gasteiger partial charge is 0.872 e. The molecule has 1 aliphatic heterocycles. The third-order valence-electron chi connectivity index (χ3n) is 6.57. The Bertz CT molecular complexity index is 1520. The van der Waals surface area contributed by atoms with Gasteiger partial charge in [0.25, 0.3) is 0 Å².